The molecule has 1 aliphatic rings. The molecule has 5 nitrogen and oxygen atoms in total. The Bertz CT molecular complexity index is 678. The average molecular weight is 217 g/mol. The molecule has 0 saturated heterocycles. The summed E-state index contributed by atoms with van der Waals surface area (Å²) in [5, 5.41) is 0. The molecule has 0 N–H and O–H groups in total. The fourth-order valence-electron chi connectivity index (χ4n) is 2.33. The largest absolute Gasteiger partial charge is 0.289 e. The van der Waals surface area contributed by atoms with Gasteiger partial charge in [0.1, 0.15) is 11.2 Å². The highest BCUT2D eigenvalue weighted by molar-refractivity contribution is 5.71. The summed E-state index contributed by atoms with van der Waals surface area (Å²) in [7, 11) is 0. The normalized spacial score (nSPS) is 18.2. The predicted molar refractivity (Wildman–Crippen MR) is 59.6 cm³/mol. The molecule has 2 aromatic heterocycles. The van der Waals surface area contributed by atoms with Crippen LogP contribution in [0.4, 0.5) is 0 Å². The maximum Gasteiger partial charge on any atom is 0.270 e. The molecule has 0 fully saturated rings. The first-order chi connectivity index (χ1) is 7.72. The molecule has 1 atom stereocenters. The molecule has 0 aromatic carbocycles. The highest BCUT2D eigenvalue weighted by Crippen LogP contribution is 2.23. The van der Waals surface area contributed by atoms with Crippen molar-refractivity contribution in [2.24, 2.45) is 0 Å². The molecule has 82 valence electrons. The van der Waals surface area contributed by atoms with Crippen LogP contribution in [0.5, 0.6) is 0 Å². The van der Waals surface area contributed by atoms with Gasteiger partial charge in [0.15, 0.2) is 0 Å². The van der Waals surface area contributed by atoms with Crippen LogP contribution in [-0.2, 0) is 6.54 Å². The Morgan fingerprint density at radius 3 is 2.94 bits per heavy atom. The lowest BCUT2D eigenvalue weighted by atomic mass is 10.2. The van der Waals surface area contributed by atoms with E-state index in [1.165, 1.54) is 12.3 Å². The van der Waals surface area contributed by atoms with E-state index in [-0.39, 0.29) is 17.2 Å². The van der Waals surface area contributed by atoms with Crippen molar-refractivity contribution in [3.8, 4) is 0 Å². The molecule has 0 saturated carbocycles. The van der Waals surface area contributed by atoms with Crippen LogP contribution in [0.3, 0.4) is 0 Å². The number of pyridine rings is 1. The van der Waals surface area contributed by atoms with E-state index < -0.39 is 0 Å². The zero-order valence-corrected chi connectivity index (χ0v) is 8.88. The summed E-state index contributed by atoms with van der Waals surface area (Å²) in [6.45, 7) is 2.59. The summed E-state index contributed by atoms with van der Waals surface area (Å²) in [6.07, 6.45) is 2.15. The van der Waals surface area contributed by atoms with Crippen LogP contribution in [-0.4, -0.2) is 14.1 Å². The summed E-state index contributed by atoms with van der Waals surface area (Å²) < 4.78 is 3.32. The fourth-order valence-corrected chi connectivity index (χ4v) is 2.33. The summed E-state index contributed by atoms with van der Waals surface area (Å²) in [6, 6.07) is 3.26. The van der Waals surface area contributed by atoms with Crippen LogP contribution in [0.15, 0.2) is 27.9 Å². The lowest BCUT2D eigenvalue weighted by molar-refractivity contribution is 0.471. The van der Waals surface area contributed by atoms with E-state index in [0.29, 0.717) is 17.7 Å². The summed E-state index contributed by atoms with van der Waals surface area (Å²) in [4.78, 5) is 27.5. The fraction of sp³-hybridized carbons (Fsp3) is 0.364. The summed E-state index contributed by atoms with van der Waals surface area (Å²) >= 11 is 0. The van der Waals surface area contributed by atoms with Gasteiger partial charge in [0, 0.05) is 12.6 Å². The standard InChI is InChI=1S/C11H11N3O2/c1-2-7-6-13-10(16)5-12-8-3-4-9(15)14(7)11(8)13/h3-5,7H,2,6H2,1H3/t7-/m1/s1. The van der Waals surface area contributed by atoms with Gasteiger partial charge in [0.25, 0.3) is 11.1 Å². The summed E-state index contributed by atoms with van der Waals surface area (Å²) in [5.41, 5.74) is 1.17. The number of rotatable bonds is 1. The molecule has 3 heterocycles. The Morgan fingerprint density at radius 1 is 1.38 bits per heavy atom. The maximum atomic E-state index is 11.8. The smallest absolute Gasteiger partial charge is 0.270 e. The second-order valence-electron chi connectivity index (χ2n) is 4.02. The molecule has 0 unspecified atom stereocenters. The van der Waals surface area contributed by atoms with Crippen LogP contribution in [0.1, 0.15) is 19.4 Å². The summed E-state index contributed by atoms with van der Waals surface area (Å²) in [5.74, 6) is 0. The number of aromatic nitrogens is 3. The molecular formula is C11H11N3O2. The van der Waals surface area contributed by atoms with Gasteiger partial charge in [-0.25, -0.2) is 4.98 Å². The van der Waals surface area contributed by atoms with Crippen molar-refractivity contribution in [3.63, 3.8) is 0 Å². The molecule has 0 radical (unpaired) electrons. The Kier molecular flexibility index (Phi) is 1.77. The average Bonchev–Trinajstić information content (AvgIpc) is 2.68. The van der Waals surface area contributed by atoms with E-state index in [2.05, 4.69) is 4.98 Å². The van der Waals surface area contributed by atoms with Crippen molar-refractivity contribution in [1.29, 1.82) is 0 Å². The Balaban J connectivity index is 2.54. The highest BCUT2D eigenvalue weighted by atomic mass is 16.1. The van der Waals surface area contributed by atoms with Gasteiger partial charge in [-0.3, -0.25) is 18.7 Å². The van der Waals surface area contributed by atoms with Crippen molar-refractivity contribution in [1.82, 2.24) is 14.1 Å². The first kappa shape index (κ1) is 9.33. The Morgan fingerprint density at radius 2 is 2.19 bits per heavy atom. The predicted octanol–water partition coefficient (Wildman–Crippen LogP) is 0.523. The third kappa shape index (κ3) is 1.02. The van der Waals surface area contributed by atoms with E-state index in [9.17, 15) is 9.59 Å². The van der Waals surface area contributed by atoms with Crippen LogP contribution < -0.4 is 11.1 Å². The first-order valence-corrected chi connectivity index (χ1v) is 5.33. The number of hydrogen-bond acceptors (Lipinski definition) is 3. The van der Waals surface area contributed by atoms with Crippen LogP contribution in [0.2, 0.25) is 0 Å². The van der Waals surface area contributed by atoms with E-state index in [1.807, 2.05) is 6.92 Å². The second kappa shape index (κ2) is 3.04. The molecule has 0 aliphatic carbocycles. The molecule has 2 aromatic rings. The van der Waals surface area contributed by atoms with Gasteiger partial charge >= 0.3 is 0 Å². The SMILES string of the molecule is CC[C@@H]1Cn2c(=O)cnc3ccc(=O)n1c32. The third-order valence-corrected chi connectivity index (χ3v) is 3.14. The van der Waals surface area contributed by atoms with Crippen LogP contribution in [0, 0.1) is 0 Å². The molecule has 0 spiro atoms. The Labute approximate surface area is 91.0 Å². The second-order valence-corrected chi connectivity index (χ2v) is 4.02. The minimum Gasteiger partial charge on any atom is -0.289 e. The maximum absolute atomic E-state index is 11.8. The van der Waals surface area contributed by atoms with Crippen molar-refractivity contribution in [3.05, 3.63) is 39.0 Å². The van der Waals surface area contributed by atoms with E-state index in [1.54, 1.807) is 15.2 Å². The third-order valence-electron chi connectivity index (χ3n) is 3.14. The monoisotopic (exact) mass is 217 g/mol. The Hall–Kier alpha value is -1.91. The molecule has 16 heavy (non-hydrogen) atoms. The van der Waals surface area contributed by atoms with Gasteiger partial charge < -0.3 is 0 Å². The topological polar surface area (TPSA) is 56.9 Å². The van der Waals surface area contributed by atoms with E-state index in [0.717, 1.165) is 6.42 Å². The first-order valence-electron chi connectivity index (χ1n) is 5.33. The van der Waals surface area contributed by atoms with Crippen LogP contribution in [0.25, 0.3) is 11.2 Å². The molecule has 0 amide bonds. The number of nitrogens with zero attached hydrogens (tertiary/aromatic N) is 3. The van der Waals surface area contributed by atoms with Gasteiger partial charge in [-0.15, -0.1) is 0 Å². The molecule has 5 heteroatoms. The van der Waals surface area contributed by atoms with Crippen molar-refractivity contribution >= 4 is 11.2 Å². The minimum absolute atomic E-state index is 0.0574. The lowest BCUT2D eigenvalue weighted by Crippen LogP contribution is -2.21. The molecule has 3 rings (SSSR count). The van der Waals surface area contributed by atoms with E-state index >= 15 is 0 Å². The van der Waals surface area contributed by atoms with Crippen molar-refractivity contribution in [2.45, 2.75) is 25.9 Å². The zero-order chi connectivity index (χ0) is 11.3. The molecule has 1 aliphatic heterocycles. The minimum atomic E-state index is -0.136. The zero-order valence-electron chi connectivity index (χ0n) is 8.88. The van der Waals surface area contributed by atoms with Gasteiger partial charge in [0.05, 0.1) is 12.2 Å². The van der Waals surface area contributed by atoms with Gasteiger partial charge in [-0.1, -0.05) is 6.92 Å². The van der Waals surface area contributed by atoms with Crippen LogP contribution >= 0.6 is 0 Å². The van der Waals surface area contributed by atoms with Gasteiger partial charge in [-0.2, -0.15) is 0 Å². The van der Waals surface area contributed by atoms with Gasteiger partial charge in [0.2, 0.25) is 0 Å². The lowest BCUT2D eigenvalue weighted by Gasteiger charge is -2.08. The highest BCUT2D eigenvalue weighted by Gasteiger charge is 2.24. The van der Waals surface area contributed by atoms with Gasteiger partial charge in [-0.05, 0) is 12.5 Å². The van der Waals surface area contributed by atoms with Crippen molar-refractivity contribution < 1.29 is 0 Å². The van der Waals surface area contributed by atoms with E-state index in [4.69, 9.17) is 0 Å². The molecular weight excluding hydrogens is 206 g/mol. The quantitative estimate of drug-likeness (QED) is 0.699. The molecule has 0 bridgehead atoms. The van der Waals surface area contributed by atoms with Crippen molar-refractivity contribution in [2.75, 3.05) is 0 Å². The number of hydrogen-bond donors (Lipinski definition) is 0.